The van der Waals surface area contributed by atoms with Gasteiger partial charge in [-0.15, -0.1) is 0 Å². The summed E-state index contributed by atoms with van der Waals surface area (Å²) in [5, 5.41) is 9.28. The van der Waals surface area contributed by atoms with Crippen LogP contribution in [0.2, 0.25) is 5.02 Å². The van der Waals surface area contributed by atoms with Gasteiger partial charge in [0.15, 0.2) is 0 Å². The molecule has 0 unspecified atom stereocenters. The maximum atomic E-state index is 13.8. The lowest BCUT2D eigenvalue weighted by Gasteiger charge is -2.38. The van der Waals surface area contributed by atoms with Crippen molar-refractivity contribution in [3.8, 4) is 11.5 Å². The highest BCUT2D eigenvalue weighted by Crippen LogP contribution is 2.59. The molecule has 0 aromatic heterocycles. The number of hydrogen-bond donors (Lipinski definition) is 1. The van der Waals surface area contributed by atoms with E-state index < -0.39 is 46.5 Å². The van der Waals surface area contributed by atoms with Gasteiger partial charge in [0.2, 0.25) is 0 Å². The fourth-order valence-electron chi connectivity index (χ4n) is 2.51. The number of aliphatic hydroxyl groups is 1. The van der Waals surface area contributed by atoms with Crippen LogP contribution in [0.25, 0.3) is 0 Å². The minimum Gasteiger partial charge on any atom is -0.457 e. The van der Waals surface area contributed by atoms with Gasteiger partial charge in [-0.1, -0.05) is 11.6 Å². The van der Waals surface area contributed by atoms with E-state index in [0.717, 1.165) is 18.2 Å². The van der Waals surface area contributed by atoms with E-state index in [0.29, 0.717) is 12.1 Å². The quantitative estimate of drug-likeness (QED) is 0.716. The van der Waals surface area contributed by atoms with Gasteiger partial charge in [-0.3, -0.25) is 0 Å². The highest BCUT2D eigenvalue weighted by molar-refractivity contribution is 6.30. The van der Waals surface area contributed by atoms with E-state index in [2.05, 4.69) is 0 Å². The van der Waals surface area contributed by atoms with Crippen molar-refractivity contribution in [2.45, 2.75) is 18.2 Å². The molecule has 0 saturated heterocycles. The molecule has 2 nitrogen and oxygen atoms in total. The Bertz CT molecular complexity index is 798. The van der Waals surface area contributed by atoms with E-state index in [4.69, 9.17) is 16.3 Å². The van der Waals surface area contributed by atoms with Crippen LogP contribution in [0, 0.1) is 5.82 Å². The first-order valence-corrected chi connectivity index (χ1v) is 6.84. The molecule has 0 saturated carbocycles. The first-order chi connectivity index (χ1) is 11.0. The summed E-state index contributed by atoms with van der Waals surface area (Å²) >= 11 is 5.61. The van der Waals surface area contributed by atoms with Crippen LogP contribution in [0.4, 0.5) is 26.3 Å². The predicted octanol–water partition coefficient (Wildman–Crippen LogP) is 5.43. The van der Waals surface area contributed by atoms with Gasteiger partial charge in [-0.25, -0.2) is 4.39 Å². The summed E-state index contributed by atoms with van der Waals surface area (Å²) < 4.78 is 84.6. The van der Waals surface area contributed by atoms with E-state index in [-0.39, 0.29) is 10.8 Å². The summed E-state index contributed by atoms with van der Waals surface area (Å²) in [5.74, 6) is -5.60. The Balaban J connectivity index is 2.11. The third kappa shape index (κ3) is 2.59. The highest BCUT2D eigenvalue weighted by Gasteiger charge is 2.59. The normalized spacial score (nSPS) is 18.8. The van der Waals surface area contributed by atoms with Crippen LogP contribution in [-0.4, -0.2) is 5.11 Å². The minimum absolute atomic E-state index is 0.0810. The van der Waals surface area contributed by atoms with E-state index in [9.17, 15) is 31.4 Å². The molecule has 24 heavy (non-hydrogen) atoms. The fourth-order valence-corrected chi connectivity index (χ4v) is 2.73. The lowest BCUT2D eigenvalue weighted by atomic mass is 9.77. The molecular weight excluding hydrogens is 362 g/mol. The third-order valence-corrected chi connectivity index (χ3v) is 3.74. The Labute approximate surface area is 136 Å². The number of aliphatic hydroxyl groups excluding tert-OH is 1. The summed E-state index contributed by atoms with van der Waals surface area (Å²) in [6.07, 6.45) is -7.51. The molecule has 0 spiro atoms. The first kappa shape index (κ1) is 16.9. The predicted molar refractivity (Wildman–Crippen MR) is 71.8 cm³/mol. The molecule has 2 aromatic carbocycles. The molecule has 1 N–H and O–H groups in total. The number of alkyl halides is 5. The maximum absolute atomic E-state index is 13.8. The second-order valence-corrected chi connectivity index (χ2v) is 5.57. The number of ether oxygens (including phenoxy) is 1. The van der Waals surface area contributed by atoms with Crippen molar-refractivity contribution in [1.29, 1.82) is 0 Å². The van der Waals surface area contributed by atoms with Crippen LogP contribution < -0.4 is 4.74 Å². The molecule has 1 aliphatic carbocycles. The van der Waals surface area contributed by atoms with Crippen molar-refractivity contribution < 1.29 is 36.2 Å². The molecule has 0 aliphatic heterocycles. The van der Waals surface area contributed by atoms with Gasteiger partial charge in [-0.2, -0.15) is 22.0 Å². The van der Waals surface area contributed by atoms with Gasteiger partial charge >= 0.3 is 12.1 Å². The lowest BCUT2D eigenvalue weighted by Crippen LogP contribution is -2.38. The smallest absolute Gasteiger partial charge is 0.416 e. The summed E-state index contributed by atoms with van der Waals surface area (Å²) in [6, 6.07) is 4.11. The summed E-state index contributed by atoms with van der Waals surface area (Å²) in [5.41, 5.74) is -3.40. The Morgan fingerprint density at radius 2 is 1.79 bits per heavy atom. The molecule has 0 heterocycles. The SMILES string of the molecule is O[C@@H]1c2c(C(F)(F)F)ccc(Oc3cc(F)cc(Cl)c3)c2C1(F)F. The number of fused-ring (bicyclic) bond motifs is 1. The molecule has 0 amide bonds. The van der Waals surface area contributed by atoms with Gasteiger partial charge in [-0.05, 0) is 24.3 Å². The van der Waals surface area contributed by atoms with Crippen LogP contribution in [0.15, 0.2) is 30.3 Å². The fraction of sp³-hybridized carbons (Fsp3) is 0.200. The Morgan fingerprint density at radius 1 is 1.12 bits per heavy atom. The van der Waals surface area contributed by atoms with Gasteiger partial charge in [0.1, 0.15) is 23.4 Å². The Morgan fingerprint density at radius 3 is 2.38 bits per heavy atom. The van der Waals surface area contributed by atoms with Crippen LogP contribution in [0.5, 0.6) is 11.5 Å². The van der Waals surface area contributed by atoms with Crippen LogP contribution in [0.3, 0.4) is 0 Å². The van der Waals surface area contributed by atoms with Crippen molar-refractivity contribution in [3.05, 3.63) is 57.9 Å². The largest absolute Gasteiger partial charge is 0.457 e. The number of benzene rings is 2. The first-order valence-electron chi connectivity index (χ1n) is 6.46. The van der Waals surface area contributed by atoms with Crippen molar-refractivity contribution in [1.82, 2.24) is 0 Å². The van der Waals surface area contributed by atoms with E-state index in [1.165, 1.54) is 0 Å². The standard InChI is InChI=1S/C15H7ClF6O2/c16-6-3-7(17)5-8(4-6)24-10-2-1-9(15(20,21)22)11-12(10)14(18,19)13(11)23/h1-5,13,23H/t13-/m1/s1. The van der Waals surface area contributed by atoms with E-state index in [1.807, 2.05) is 0 Å². The molecule has 2 aromatic rings. The highest BCUT2D eigenvalue weighted by atomic mass is 35.5. The van der Waals surface area contributed by atoms with Crippen molar-refractivity contribution in [2.75, 3.05) is 0 Å². The molecular formula is C15H7ClF6O2. The second kappa shape index (κ2) is 5.29. The van der Waals surface area contributed by atoms with Gasteiger partial charge in [0, 0.05) is 16.7 Å². The van der Waals surface area contributed by atoms with E-state index in [1.54, 1.807) is 0 Å². The average molecular weight is 369 g/mol. The summed E-state index contributed by atoms with van der Waals surface area (Å²) in [4.78, 5) is 0. The van der Waals surface area contributed by atoms with Gasteiger partial charge in [0.25, 0.3) is 0 Å². The summed E-state index contributed by atoms with van der Waals surface area (Å²) in [6.45, 7) is 0. The van der Waals surface area contributed by atoms with Crippen LogP contribution in [-0.2, 0) is 12.1 Å². The van der Waals surface area contributed by atoms with Crippen molar-refractivity contribution in [3.63, 3.8) is 0 Å². The molecule has 0 bridgehead atoms. The molecule has 1 aliphatic rings. The minimum atomic E-state index is -4.91. The zero-order valence-electron chi connectivity index (χ0n) is 11.5. The molecule has 9 heteroatoms. The average Bonchev–Trinajstić information content (AvgIpc) is 2.43. The zero-order valence-corrected chi connectivity index (χ0v) is 12.2. The van der Waals surface area contributed by atoms with Gasteiger partial charge < -0.3 is 9.84 Å². The molecule has 1 atom stereocenters. The number of halogens is 7. The summed E-state index contributed by atoms with van der Waals surface area (Å²) in [7, 11) is 0. The van der Waals surface area contributed by atoms with Crippen LogP contribution in [0.1, 0.15) is 22.8 Å². The second-order valence-electron chi connectivity index (χ2n) is 5.13. The van der Waals surface area contributed by atoms with E-state index >= 15 is 0 Å². The number of hydrogen-bond acceptors (Lipinski definition) is 2. The molecule has 0 radical (unpaired) electrons. The Hall–Kier alpha value is -1.93. The zero-order chi connectivity index (χ0) is 17.9. The lowest BCUT2D eigenvalue weighted by molar-refractivity contribution is -0.165. The third-order valence-electron chi connectivity index (χ3n) is 3.53. The number of rotatable bonds is 2. The van der Waals surface area contributed by atoms with Crippen molar-refractivity contribution in [2.24, 2.45) is 0 Å². The topological polar surface area (TPSA) is 29.5 Å². The molecule has 3 rings (SSSR count). The van der Waals surface area contributed by atoms with Crippen LogP contribution >= 0.6 is 11.6 Å². The molecule has 0 fully saturated rings. The van der Waals surface area contributed by atoms with Crippen molar-refractivity contribution >= 4 is 11.6 Å². The maximum Gasteiger partial charge on any atom is 0.416 e. The monoisotopic (exact) mass is 368 g/mol. The van der Waals surface area contributed by atoms with Gasteiger partial charge in [0.05, 0.1) is 11.1 Å². The molecule has 128 valence electrons. The Kier molecular flexibility index (Phi) is 3.72.